The number of aliphatic carboxylic acids is 1. The Bertz CT molecular complexity index is 471. The van der Waals surface area contributed by atoms with Gasteiger partial charge in [0.2, 0.25) is 0 Å². The lowest BCUT2D eigenvalue weighted by Gasteiger charge is -1.87. The highest BCUT2D eigenvalue weighted by molar-refractivity contribution is 7.13. The van der Waals surface area contributed by atoms with Crippen LogP contribution in [0.1, 0.15) is 9.75 Å². The molecular weight excluding hydrogens is 198 g/mol. The molecule has 14 heavy (non-hydrogen) atoms. The van der Waals surface area contributed by atoms with Gasteiger partial charge in [0.1, 0.15) is 11.6 Å². The standard InChI is InChI=1S/C10H5NO2S/c1-2-8-3-4-9(14-8)5-7(6-11)10(12)13/h1,3-5H,(H,12,13)/b7-5+. The van der Waals surface area contributed by atoms with Gasteiger partial charge in [-0.1, -0.05) is 5.92 Å². The zero-order valence-corrected chi connectivity index (χ0v) is 7.84. The minimum absolute atomic E-state index is 0.296. The number of thiophene rings is 1. The van der Waals surface area contributed by atoms with Crippen LogP contribution in [0.5, 0.6) is 0 Å². The molecule has 0 atom stereocenters. The monoisotopic (exact) mass is 203 g/mol. The summed E-state index contributed by atoms with van der Waals surface area (Å²) >= 11 is 1.27. The summed E-state index contributed by atoms with van der Waals surface area (Å²) in [5.74, 6) is 1.19. The Kier molecular flexibility index (Phi) is 3.06. The second-order valence-electron chi connectivity index (χ2n) is 2.32. The third kappa shape index (κ3) is 2.22. The molecule has 1 heterocycles. The summed E-state index contributed by atoms with van der Waals surface area (Å²) < 4.78 is 0. The number of rotatable bonds is 2. The maximum Gasteiger partial charge on any atom is 0.346 e. The van der Waals surface area contributed by atoms with Crippen LogP contribution in [0.4, 0.5) is 0 Å². The summed E-state index contributed by atoms with van der Waals surface area (Å²) in [7, 11) is 0. The van der Waals surface area contributed by atoms with Gasteiger partial charge in [-0.2, -0.15) is 5.26 Å². The smallest absolute Gasteiger partial charge is 0.346 e. The lowest BCUT2D eigenvalue weighted by Crippen LogP contribution is -1.96. The van der Waals surface area contributed by atoms with E-state index < -0.39 is 5.97 Å². The molecule has 0 amide bonds. The molecule has 1 rings (SSSR count). The molecule has 0 aromatic carbocycles. The topological polar surface area (TPSA) is 61.1 Å². The molecule has 0 fully saturated rings. The van der Waals surface area contributed by atoms with Crippen LogP contribution in [-0.4, -0.2) is 11.1 Å². The summed E-state index contributed by atoms with van der Waals surface area (Å²) in [5, 5.41) is 17.1. The molecular formula is C10H5NO2S. The number of carbonyl (C=O) groups is 1. The number of hydrogen-bond donors (Lipinski definition) is 1. The predicted molar refractivity (Wildman–Crippen MR) is 53.5 cm³/mol. The number of hydrogen-bond acceptors (Lipinski definition) is 3. The molecule has 0 spiro atoms. The maximum absolute atomic E-state index is 10.5. The van der Waals surface area contributed by atoms with Crippen LogP contribution >= 0.6 is 11.3 Å². The summed E-state index contributed by atoms with van der Waals surface area (Å²) in [4.78, 5) is 11.9. The van der Waals surface area contributed by atoms with E-state index in [1.165, 1.54) is 17.4 Å². The van der Waals surface area contributed by atoms with Gasteiger partial charge >= 0.3 is 5.97 Å². The normalized spacial score (nSPS) is 10.3. The summed E-state index contributed by atoms with van der Waals surface area (Å²) in [6, 6.07) is 4.98. The Morgan fingerprint density at radius 2 is 2.36 bits per heavy atom. The van der Waals surface area contributed by atoms with Crippen molar-refractivity contribution in [3.05, 3.63) is 27.5 Å². The molecule has 0 aliphatic heterocycles. The molecule has 3 nitrogen and oxygen atoms in total. The first-order valence-corrected chi connectivity index (χ1v) is 4.40. The highest BCUT2D eigenvalue weighted by Gasteiger charge is 2.06. The molecule has 1 N–H and O–H groups in total. The molecule has 68 valence electrons. The van der Waals surface area contributed by atoms with Crippen molar-refractivity contribution in [2.75, 3.05) is 0 Å². The zero-order valence-electron chi connectivity index (χ0n) is 7.02. The van der Waals surface area contributed by atoms with Crippen LogP contribution in [0.15, 0.2) is 17.7 Å². The van der Waals surface area contributed by atoms with Gasteiger partial charge in [-0.25, -0.2) is 4.79 Å². The number of nitrogens with zero attached hydrogens (tertiary/aromatic N) is 1. The highest BCUT2D eigenvalue weighted by Crippen LogP contribution is 2.18. The van der Waals surface area contributed by atoms with Crippen LogP contribution in [0, 0.1) is 23.7 Å². The molecule has 1 aromatic heterocycles. The Morgan fingerprint density at radius 3 is 2.79 bits per heavy atom. The fourth-order valence-corrected chi connectivity index (χ4v) is 1.55. The fraction of sp³-hybridized carbons (Fsp3) is 0. The van der Waals surface area contributed by atoms with E-state index in [0.29, 0.717) is 9.75 Å². The van der Waals surface area contributed by atoms with Crippen molar-refractivity contribution in [1.29, 1.82) is 5.26 Å². The minimum Gasteiger partial charge on any atom is -0.477 e. The minimum atomic E-state index is -1.23. The van der Waals surface area contributed by atoms with E-state index in [9.17, 15) is 4.79 Å². The summed E-state index contributed by atoms with van der Waals surface area (Å²) in [5.41, 5.74) is -0.296. The van der Waals surface area contributed by atoms with E-state index in [2.05, 4.69) is 5.92 Å². The molecule has 0 saturated heterocycles. The van der Waals surface area contributed by atoms with Crippen LogP contribution in [0.2, 0.25) is 0 Å². The van der Waals surface area contributed by atoms with Gasteiger partial charge in [-0.15, -0.1) is 17.8 Å². The highest BCUT2D eigenvalue weighted by atomic mass is 32.1. The van der Waals surface area contributed by atoms with Gasteiger partial charge in [-0.05, 0) is 18.2 Å². The second-order valence-corrected chi connectivity index (χ2v) is 3.44. The number of carboxylic acids is 1. The zero-order chi connectivity index (χ0) is 10.6. The van der Waals surface area contributed by atoms with Gasteiger partial charge in [0, 0.05) is 4.88 Å². The van der Waals surface area contributed by atoms with Crippen molar-refractivity contribution < 1.29 is 9.90 Å². The van der Waals surface area contributed by atoms with Gasteiger partial charge in [0.25, 0.3) is 0 Å². The first-order chi connectivity index (χ1) is 6.67. The summed E-state index contributed by atoms with van der Waals surface area (Å²) in [6.07, 6.45) is 6.44. The average molecular weight is 203 g/mol. The number of carboxylic acid groups (broad SMARTS) is 1. The van der Waals surface area contributed by atoms with E-state index in [1.807, 2.05) is 0 Å². The van der Waals surface area contributed by atoms with Gasteiger partial charge < -0.3 is 5.11 Å². The lowest BCUT2D eigenvalue weighted by atomic mass is 10.2. The second kappa shape index (κ2) is 4.27. The first-order valence-electron chi connectivity index (χ1n) is 3.59. The molecule has 0 radical (unpaired) electrons. The molecule has 0 unspecified atom stereocenters. The van der Waals surface area contributed by atoms with Crippen molar-refractivity contribution in [2.24, 2.45) is 0 Å². The lowest BCUT2D eigenvalue weighted by molar-refractivity contribution is -0.132. The van der Waals surface area contributed by atoms with E-state index in [-0.39, 0.29) is 5.57 Å². The average Bonchev–Trinajstić information content (AvgIpc) is 2.61. The summed E-state index contributed by atoms with van der Waals surface area (Å²) in [6.45, 7) is 0. The van der Waals surface area contributed by atoms with E-state index in [4.69, 9.17) is 16.8 Å². The number of terminal acetylenes is 1. The molecule has 1 aromatic rings. The predicted octanol–water partition coefficient (Wildman–Crippen LogP) is 1.72. The first kappa shape index (κ1) is 10.0. The van der Waals surface area contributed by atoms with E-state index in [0.717, 1.165) is 0 Å². The molecule has 4 heteroatoms. The van der Waals surface area contributed by atoms with Crippen LogP contribution in [0.25, 0.3) is 6.08 Å². The molecule has 0 saturated carbocycles. The van der Waals surface area contributed by atoms with Crippen LogP contribution in [-0.2, 0) is 4.79 Å². The van der Waals surface area contributed by atoms with E-state index in [1.54, 1.807) is 18.2 Å². The van der Waals surface area contributed by atoms with Crippen LogP contribution in [0.3, 0.4) is 0 Å². The third-order valence-corrected chi connectivity index (χ3v) is 2.37. The Morgan fingerprint density at radius 1 is 1.64 bits per heavy atom. The van der Waals surface area contributed by atoms with Crippen molar-refractivity contribution >= 4 is 23.4 Å². The van der Waals surface area contributed by atoms with Crippen molar-refractivity contribution in [1.82, 2.24) is 0 Å². The molecule has 0 bridgehead atoms. The fourth-order valence-electron chi connectivity index (χ4n) is 0.792. The van der Waals surface area contributed by atoms with Crippen LogP contribution < -0.4 is 0 Å². The molecule has 0 aliphatic carbocycles. The van der Waals surface area contributed by atoms with E-state index >= 15 is 0 Å². The molecule has 0 aliphatic rings. The quantitative estimate of drug-likeness (QED) is 0.452. The van der Waals surface area contributed by atoms with Gasteiger partial charge in [0.05, 0.1) is 4.88 Å². The van der Waals surface area contributed by atoms with Crippen molar-refractivity contribution in [3.63, 3.8) is 0 Å². The van der Waals surface area contributed by atoms with Gasteiger partial charge in [-0.3, -0.25) is 0 Å². The maximum atomic E-state index is 10.5. The van der Waals surface area contributed by atoms with Gasteiger partial charge in [0.15, 0.2) is 0 Å². The van der Waals surface area contributed by atoms with Crippen molar-refractivity contribution in [2.45, 2.75) is 0 Å². The Hall–Kier alpha value is -2.04. The SMILES string of the molecule is C#Cc1ccc(/C=C(\C#N)C(=O)O)s1. The third-order valence-electron chi connectivity index (χ3n) is 1.41. The largest absolute Gasteiger partial charge is 0.477 e. The Labute approximate surface area is 84.9 Å². The number of nitriles is 1. The van der Waals surface area contributed by atoms with Crippen molar-refractivity contribution in [3.8, 4) is 18.4 Å². The Balaban J connectivity index is 3.03.